The Hall–Kier alpha value is -3.20. The van der Waals surface area contributed by atoms with E-state index in [1.807, 2.05) is 0 Å². The molecule has 0 radical (unpaired) electrons. The maximum absolute atomic E-state index is 13.2. The molecule has 0 saturated carbocycles. The van der Waals surface area contributed by atoms with E-state index in [1.54, 1.807) is 43.2 Å². The normalized spacial score (nSPS) is 10.9. The second-order valence-corrected chi connectivity index (χ2v) is 7.11. The van der Waals surface area contributed by atoms with Crippen molar-refractivity contribution in [1.29, 1.82) is 0 Å². The lowest BCUT2D eigenvalue weighted by Crippen LogP contribution is -2.23. The first kappa shape index (κ1) is 19.6. The zero-order valence-corrected chi connectivity index (χ0v) is 16.2. The fourth-order valence-corrected chi connectivity index (χ4v) is 3.44. The second-order valence-electron chi connectivity index (χ2n) is 6.23. The number of anilines is 2. The van der Waals surface area contributed by atoms with E-state index in [0.29, 0.717) is 23.4 Å². The number of carbonyl (C=O) groups excluding carboxylic acids is 1. The van der Waals surface area contributed by atoms with E-state index in [1.165, 1.54) is 30.3 Å². The van der Waals surface area contributed by atoms with Crippen LogP contribution < -0.4 is 9.62 Å². The molecule has 0 spiro atoms. The van der Waals surface area contributed by atoms with Gasteiger partial charge in [0.25, 0.3) is 5.91 Å². The number of halogens is 1. The van der Waals surface area contributed by atoms with Crippen molar-refractivity contribution in [3.63, 3.8) is 0 Å². The largest absolute Gasteiger partial charge is 0.348 e. The fraction of sp³-hybridized carbons (Fsp3) is 0.158. The third-order valence-electron chi connectivity index (χ3n) is 4.15. The number of aryl methyl sites for hydroxylation is 2. The predicted molar refractivity (Wildman–Crippen MR) is 104 cm³/mol. The minimum Gasteiger partial charge on any atom is -0.348 e. The van der Waals surface area contributed by atoms with Gasteiger partial charge >= 0.3 is 0 Å². The summed E-state index contributed by atoms with van der Waals surface area (Å²) in [6.45, 7) is 2.04. The van der Waals surface area contributed by atoms with Crippen molar-refractivity contribution in [2.75, 3.05) is 4.31 Å². The van der Waals surface area contributed by atoms with Crippen LogP contribution in [0, 0.1) is 12.7 Å². The number of amides is 1. The van der Waals surface area contributed by atoms with E-state index < -0.39 is 16.7 Å². The van der Waals surface area contributed by atoms with Gasteiger partial charge in [-0.1, -0.05) is 6.07 Å². The second kappa shape index (κ2) is 8.22. The zero-order valence-electron chi connectivity index (χ0n) is 15.3. The number of thiol groups is 1. The van der Waals surface area contributed by atoms with Gasteiger partial charge in [0.2, 0.25) is 10.9 Å². The van der Waals surface area contributed by atoms with Crippen LogP contribution in [0.15, 0.2) is 54.9 Å². The number of carbonyl (C=O) groups is 1. The SMILES string of the molecule is Cc1ccc(C(=O)NCc2cnn(C)c2)cc1N(c1ccc(F)cc1)[SH](=O)=O. The van der Waals surface area contributed by atoms with Crippen molar-refractivity contribution in [3.05, 3.63) is 77.4 Å². The van der Waals surface area contributed by atoms with Crippen molar-refractivity contribution in [1.82, 2.24) is 15.1 Å². The smallest absolute Gasteiger partial charge is 0.251 e. The molecular formula is C19H19FN4O3S. The van der Waals surface area contributed by atoms with Crippen LogP contribution in [-0.4, -0.2) is 24.1 Å². The molecule has 0 aliphatic rings. The highest BCUT2D eigenvalue weighted by atomic mass is 32.2. The number of nitrogens with one attached hydrogen (secondary N) is 1. The average Bonchev–Trinajstić information content (AvgIpc) is 3.08. The standard InChI is InChI=1S/C19H19FN4O3S/c1-13-3-4-15(19(25)21-10-14-11-22-23(2)12-14)9-18(13)24(28(26)27)17-7-5-16(20)6-8-17/h3-9,11-12,28H,10H2,1-2H3,(H,21,25). The molecule has 7 nitrogen and oxygen atoms in total. The number of rotatable bonds is 6. The Morgan fingerprint density at radius 3 is 2.54 bits per heavy atom. The summed E-state index contributed by atoms with van der Waals surface area (Å²) in [5.41, 5.74) is 2.44. The van der Waals surface area contributed by atoms with Gasteiger partial charge in [-0.3, -0.25) is 9.48 Å². The van der Waals surface area contributed by atoms with E-state index in [-0.39, 0.29) is 11.6 Å². The Labute approximate surface area is 163 Å². The van der Waals surface area contributed by atoms with Gasteiger partial charge in [-0.15, -0.1) is 0 Å². The van der Waals surface area contributed by atoms with Gasteiger partial charge in [0.05, 0.1) is 17.6 Å². The molecule has 0 unspecified atom stereocenters. The van der Waals surface area contributed by atoms with Crippen LogP contribution >= 0.6 is 0 Å². The maximum atomic E-state index is 13.2. The number of hydrogen-bond acceptors (Lipinski definition) is 4. The summed E-state index contributed by atoms with van der Waals surface area (Å²) in [5.74, 6) is -0.810. The third kappa shape index (κ3) is 4.37. The topological polar surface area (TPSA) is 84.3 Å². The lowest BCUT2D eigenvalue weighted by atomic mass is 10.1. The summed E-state index contributed by atoms with van der Waals surface area (Å²) in [5, 5.41) is 6.82. The molecule has 146 valence electrons. The maximum Gasteiger partial charge on any atom is 0.251 e. The quantitative estimate of drug-likeness (QED) is 0.621. The third-order valence-corrected chi connectivity index (χ3v) is 4.92. The van der Waals surface area contributed by atoms with Gasteiger partial charge in [0.15, 0.2) is 0 Å². The van der Waals surface area contributed by atoms with Crippen LogP contribution in [0.1, 0.15) is 21.5 Å². The minimum absolute atomic E-state index is 0.286. The van der Waals surface area contributed by atoms with Crippen LogP contribution in [0.3, 0.4) is 0 Å². The van der Waals surface area contributed by atoms with Gasteiger partial charge in [-0.2, -0.15) is 5.10 Å². The van der Waals surface area contributed by atoms with Crippen LogP contribution in [0.25, 0.3) is 0 Å². The Morgan fingerprint density at radius 2 is 1.93 bits per heavy atom. The van der Waals surface area contributed by atoms with Crippen molar-refractivity contribution < 1.29 is 17.6 Å². The summed E-state index contributed by atoms with van der Waals surface area (Å²) < 4.78 is 39.7. The van der Waals surface area contributed by atoms with Crippen LogP contribution in [0.5, 0.6) is 0 Å². The first-order chi connectivity index (χ1) is 13.3. The number of aromatic nitrogens is 2. The van der Waals surface area contributed by atoms with Gasteiger partial charge in [-0.25, -0.2) is 17.1 Å². The summed E-state index contributed by atoms with van der Waals surface area (Å²) in [7, 11) is -1.26. The Bertz CT molecular complexity index is 1070. The van der Waals surface area contributed by atoms with Crippen molar-refractivity contribution in [3.8, 4) is 0 Å². The van der Waals surface area contributed by atoms with E-state index in [2.05, 4.69) is 10.4 Å². The summed E-state index contributed by atoms with van der Waals surface area (Å²) in [6, 6.07) is 9.90. The predicted octanol–water partition coefficient (Wildman–Crippen LogP) is 2.46. The molecule has 0 atom stereocenters. The molecule has 3 aromatic rings. The first-order valence-corrected chi connectivity index (χ1v) is 9.54. The van der Waals surface area contributed by atoms with E-state index in [4.69, 9.17) is 0 Å². The molecule has 0 fully saturated rings. The molecular weight excluding hydrogens is 383 g/mol. The average molecular weight is 402 g/mol. The van der Waals surface area contributed by atoms with Crippen molar-refractivity contribution >= 4 is 28.2 Å². The Kier molecular flexibility index (Phi) is 5.74. The molecule has 0 aliphatic heterocycles. The van der Waals surface area contributed by atoms with Crippen LogP contribution in [-0.2, 0) is 24.5 Å². The van der Waals surface area contributed by atoms with E-state index in [0.717, 1.165) is 9.87 Å². The van der Waals surface area contributed by atoms with Gasteiger partial charge < -0.3 is 5.32 Å². The van der Waals surface area contributed by atoms with Gasteiger partial charge in [0.1, 0.15) is 5.82 Å². The minimum atomic E-state index is -3.05. The van der Waals surface area contributed by atoms with E-state index in [9.17, 15) is 17.6 Å². The molecule has 1 N–H and O–H groups in total. The molecule has 1 heterocycles. The molecule has 9 heteroatoms. The van der Waals surface area contributed by atoms with E-state index >= 15 is 0 Å². The monoisotopic (exact) mass is 402 g/mol. The molecule has 1 aromatic heterocycles. The number of benzene rings is 2. The van der Waals surface area contributed by atoms with Crippen molar-refractivity contribution in [2.45, 2.75) is 13.5 Å². The first-order valence-electron chi connectivity index (χ1n) is 8.41. The summed E-state index contributed by atoms with van der Waals surface area (Å²) in [4.78, 5) is 12.5. The lowest BCUT2D eigenvalue weighted by molar-refractivity contribution is 0.0951. The molecule has 3 rings (SSSR count). The molecule has 2 aromatic carbocycles. The van der Waals surface area contributed by atoms with Gasteiger partial charge in [0, 0.05) is 30.9 Å². The molecule has 0 bridgehead atoms. The number of hydrogen-bond donors (Lipinski definition) is 2. The van der Waals surface area contributed by atoms with Crippen LogP contribution in [0.4, 0.5) is 15.8 Å². The molecule has 1 amide bonds. The summed E-state index contributed by atoms with van der Waals surface area (Å²) >= 11 is 0. The Morgan fingerprint density at radius 1 is 1.21 bits per heavy atom. The number of nitrogens with zero attached hydrogens (tertiary/aromatic N) is 3. The van der Waals surface area contributed by atoms with Crippen LogP contribution in [0.2, 0.25) is 0 Å². The molecule has 0 aliphatic carbocycles. The van der Waals surface area contributed by atoms with Crippen molar-refractivity contribution in [2.24, 2.45) is 7.05 Å². The zero-order chi connectivity index (χ0) is 20.3. The Balaban J connectivity index is 1.88. The van der Waals surface area contributed by atoms with Gasteiger partial charge in [-0.05, 0) is 48.9 Å². The lowest BCUT2D eigenvalue weighted by Gasteiger charge is -2.20. The fourth-order valence-electron chi connectivity index (χ4n) is 2.73. The summed E-state index contributed by atoms with van der Waals surface area (Å²) in [6.07, 6.45) is 3.44. The molecule has 0 saturated heterocycles. The highest BCUT2D eigenvalue weighted by molar-refractivity contribution is 7.74. The highest BCUT2D eigenvalue weighted by Crippen LogP contribution is 2.29. The molecule has 28 heavy (non-hydrogen) atoms. The highest BCUT2D eigenvalue weighted by Gasteiger charge is 2.17.